The molecule has 3 nitrogen and oxygen atoms in total. The average molecular weight is 320 g/mol. The molecule has 0 aliphatic heterocycles. The molecule has 0 saturated heterocycles. The Morgan fingerprint density at radius 1 is 1.28 bits per heavy atom. The zero-order chi connectivity index (χ0) is 13.6. The van der Waals surface area contributed by atoms with Crippen LogP contribution in [0.2, 0.25) is 0 Å². The molecule has 1 amide bonds. The van der Waals surface area contributed by atoms with Crippen LogP contribution in [0.15, 0.2) is 0 Å². The Kier molecular flexibility index (Phi) is 5.96. The third-order valence-electron chi connectivity index (χ3n) is 3.37. The van der Waals surface area contributed by atoms with Gasteiger partial charge in [0.15, 0.2) is 0 Å². The van der Waals surface area contributed by atoms with Crippen LogP contribution < -0.4 is 5.32 Å². The van der Waals surface area contributed by atoms with E-state index >= 15 is 0 Å². The van der Waals surface area contributed by atoms with Crippen molar-refractivity contribution in [1.82, 2.24) is 5.32 Å². The van der Waals surface area contributed by atoms with Crippen molar-refractivity contribution in [2.75, 3.05) is 5.33 Å². The normalized spacial score (nSPS) is 19.3. The van der Waals surface area contributed by atoms with E-state index < -0.39 is 5.60 Å². The summed E-state index contributed by atoms with van der Waals surface area (Å²) in [5.41, 5.74) is -0.455. The summed E-state index contributed by atoms with van der Waals surface area (Å²) in [6.45, 7) is 5.70. The van der Waals surface area contributed by atoms with Gasteiger partial charge in [0.2, 0.25) is 0 Å². The summed E-state index contributed by atoms with van der Waals surface area (Å²) in [7, 11) is 0. The van der Waals surface area contributed by atoms with E-state index in [0.717, 1.165) is 31.0 Å². The van der Waals surface area contributed by atoms with Gasteiger partial charge in [-0.05, 0) is 46.5 Å². The number of hydrogen-bond acceptors (Lipinski definition) is 2. The topological polar surface area (TPSA) is 38.3 Å². The van der Waals surface area contributed by atoms with Gasteiger partial charge in [0.25, 0.3) is 0 Å². The predicted molar refractivity (Wildman–Crippen MR) is 78.2 cm³/mol. The monoisotopic (exact) mass is 319 g/mol. The van der Waals surface area contributed by atoms with Crippen LogP contribution in [0.1, 0.15) is 65.7 Å². The molecule has 0 bridgehead atoms. The van der Waals surface area contributed by atoms with E-state index in [4.69, 9.17) is 4.74 Å². The minimum Gasteiger partial charge on any atom is -0.444 e. The van der Waals surface area contributed by atoms with E-state index in [1.54, 1.807) is 0 Å². The number of halogens is 1. The molecule has 1 rings (SSSR count). The van der Waals surface area contributed by atoms with Crippen LogP contribution in [0.5, 0.6) is 0 Å². The highest BCUT2D eigenvalue weighted by Crippen LogP contribution is 2.32. The summed E-state index contributed by atoms with van der Waals surface area (Å²) in [5.74, 6) is 0. The summed E-state index contributed by atoms with van der Waals surface area (Å²) in [6, 6.07) is 0. The minimum atomic E-state index is -0.421. The molecular formula is C14H26BrNO2. The van der Waals surface area contributed by atoms with Gasteiger partial charge in [-0.25, -0.2) is 4.79 Å². The van der Waals surface area contributed by atoms with E-state index in [0.29, 0.717) is 0 Å². The molecule has 1 aliphatic carbocycles. The quantitative estimate of drug-likeness (QED) is 0.780. The number of amides is 1. The van der Waals surface area contributed by atoms with Crippen molar-refractivity contribution in [2.45, 2.75) is 76.9 Å². The van der Waals surface area contributed by atoms with Gasteiger partial charge in [-0.2, -0.15) is 0 Å². The van der Waals surface area contributed by atoms with Crippen molar-refractivity contribution in [3.05, 3.63) is 0 Å². The van der Waals surface area contributed by atoms with Gasteiger partial charge < -0.3 is 10.1 Å². The molecule has 1 aliphatic rings. The molecule has 0 aromatic heterocycles. The molecule has 0 radical (unpaired) electrons. The smallest absolute Gasteiger partial charge is 0.408 e. The number of nitrogens with one attached hydrogen (secondary N) is 1. The van der Waals surface area contributed by atoms with Crippen molar-refractivity contribution in [3.63, 3.8) is 0 Å². The fraction of sp³-hybridized carbons (Fsp3) is 0.929. The summed E-state index contributed by atoms with van der Waals surface area (Å²) in [4.78, 5) is 12.0. The third kappa shape index (κ3) is 5.59. The van der Waals surface area contributed by atoms with Gasteiger partial charge in [-0.15, -0.1) is 0 Å². The van der Waals surface area contributed by atoms with Gasteiger partial charge in [-0.3, -0.25) is 0 Å². The Morgan fingerprint density at radius 2 is 1.89 bits per heavy atom. The van der Waals surface area contributed by atoms with Crippen LogP contribution in [0.4, 0.5) is 4.79 Å². The van der Waals surface area contributed by atoms with Crippen molar-refractivity contribution in [2.24, 2.45) is 0 Å². The number of alkyl halides is 1. The molecule has 0 unspecified atom stereocenters. The Balaban J connectivity index is 2.57. The predicted octanol–water partition coefficient (Wildman–Crippen LogP) is 4.39. The Morgan fingerprint density at radius 3 is 2.39 bits per heavy atom. The molecule has 0 aromatic carbocycles. The van der Waals surface area contributed by atoms with Gasteiger partial charge in [0.1, 0.15) is 5.60 Å². The molecule has 0 spiro atoms. The number of carbonyl (C=O) groups excluding carboxylic acids is 1. The fourth-order valence-corrected chi connectivity index (χ4v) is 2.87. The SMILES string of the molecule is CC(C)(C)OC(=O)NC1(CCCBr)CCCCC1. The number of rotatable bonds is 4. The lowest BCUT2D eigenvalue weighted by Gasteiger charge is -2.38. The maximum atomic E-state index is 12.0. The molecule has 0 aromatic rings. The molecule has 1 saturated carbocycles. The van der Waals surface area contributed by atoms with Crippen LogP contribution in [0.25, 0.3) is 0 Å². The van der Waals surface area contributed by atoms with Crippen LogP contribution in [0.3, 0.4) is 0 Å². The van der Waals surface area contributed by atoms with E-state index in [9.17, 15) is 4.79 Å². The lowest BCUT2D eigenvalue weighted by Crippen LogP contribution is -2.51. The molecule has 4 heteroatoms. The molecule has 18 heavy (non-hydrogen) atoms. The zero-order valence-corrected chi connectivity index (χ0v) is 13.4. The second kappa shape index (κ2) is 6.78. The number of ether oxygens (including phenoxy) is 1. The first-order valence-electron chi connectivity index (χ1n) is 6.94. The Hall–Kier alpha value is -0.250. The maximum absolute atomic E-state index is 12.0. The summed E-state index contributed by atoms with van der Waals surface area (Å²) in [6.07, 6.45) is 7.73. The standard InChI is InChI=1S/C14H26BrNO2/c1-13(2,3)18-12(17)16-14(10-7-11-15)8-5-4-6-9-14/h4-11H2,1-3H3,(H,16,17). The van der Waals surface area contributed by atoms with Crippen molar-refractivity contribution < 1.29 is 9.53 Å². The summed E-state index contributed by atoms with van der Waals surface area (Å²) < 4.78 is 5.38. The van der Waals surface area contributed by atoms with Gasteiger partial charge in [-0.1, -0.05) is 35.2 Å². The molecule has 0 atom stereocenters. The van der Waals surface area contributed by atoms with E-state index in [1.165, 1.54) is 19.3 Å². The van der Waals surface area contributed by atoms with Crippen LogP contribution in [-0.4, -0.2) is 22.6 Å². The maximum Gasteiger partial charge on any atom is 0.408 e. The van der Waals surface area contributed by atoms with Gasteiger partial charge >= 0.3 is 6.09 Å². The largest absolute Gasteiger partial charge is 0.444 e. The first-order valence-corrected chi connectivity index (χ1v) is 8.06. The number of hydrogen-bond donors (Lipinski definition) is 1. The van der Waals surface area contributed by atoms with Crippen LogP contribution in [-0.2, 0) is 4.74 Å². The Labute approximate surface area is 119 Å². The lowest BCUT2D eigenvalue weighted by molar-refractivity contribution is 0.0415. The van der Waals surface area contributed by atoms with Crippen molar-refractivity contribution in [3.8, 4) is 0 Å². The van der Waals surface area contributed by atoms with Gasteiger partial charge in [0.05, 0.1) is 0 Å². The fourth-order valence-electron chi connectivity index (χ4n) is 2.59. The van der Waals surface area contributed by atoms with E-state index in [1.807, 2.05) is 20.8 Å². The van der Waals surface area contributed by atoms with E-state index in [2.05, 4.69) is 21.2 Å². The molecule has 0 heterocycles. The minimum absolute atomic E-state index is 0.0334. The molecular weight excluding hydrogens is 294 g/mol. The first-order chi connectivity index (χ1) is 8.37. The van der Waals surface area contributed by atoms with Crippen molar-refractivity contribution in [1.29, 1.82) is 0 Å². The summed E-state index contributed by atoms with van der Waals surface area (Å²) in [5, 5.41) is 4.13. The first kappa shape index (κ1) is 15.8. The highest BCUT2D eigenvalue weighted by atomic mass is 79.9. The molecule has 1 N–H and O–H groups in total. The third-order valence-corrected chi connectivity index (χ3v) is 3.93. The van der Waals surface area contributed by atoms with E-state index in [-0.39, 0.29) is 11.6 Å². The lowest BCUT2D eigenvalue weighted by atomic mass is 9.79. The second-order valence-corrected chi connectivity index (χ2v) is 7.05. The highest BCUT2D eigenvalue weighted by Gasteiger charge is 2.34. The molecule has 106 valence electrons. The van der Waals surface area contributed by atoms with Crippen LogP contribution in [0, 0.1) is 0 Å². The second-order valence-electron chi connectivity index (χ2n) is 6.26. The van der Waals surface area contributed by atoms with Crippen molar-refractivity contribution >= 4 is 22.0 Å². The number of carbonyl (C=O) groups is 1. The highest BCUT2D eigenvalue weighted by molar-refractivity contribution is 9.09. The zero-order valence-electron chi connectivity index (χ0n) is 11.9. The summed E-state index contributed by atoms with van der Waals surface area (Å²) >= 11 is 3.47. The van der Waals surface area contributed by atoms with Crippen LogP contribution >= 0.6 is 15.9 Å². The Bertz CT molecular complexity index is 267. The molecule has 1 fully saturated rings. The van der Waals surface area contributed by atoms with Gasteiger partial charge in [0, 0.05) is 10.9 Å². The number of alkyl carbamates (subject to hydrolysis) is 1. The average Bonchev–Trinajstić information content (AvgIpc) is 2.25.